The summed E-state index contributed by atoms with van der Waals surface area (Å²) in [5.41, 5.74) is 0.962. The minimum Gasteiger partial charge on any atom is -0.507 e. The van der Waals surface area contributed by atoms with Crippen molar-refractivity contribution in [2.24, 2.45) is 0 Å². The topological polar surface area (TPSA) is 98.1 Å². The van der Waals surface area contributed by atoms with Crippen molar-refractivity contribution in [2.75, 3.05) is 31.1 Å². The zero-order chi connectivity index (χ0) is 22.4. The molecule has 0 radical (unpaired) electrons. The lowest BCUT2D eigenvalue weighted by Crippen LogP contribution is -2.48. The number of phenols is 2. The van der Waals surface area contributed by atoms with E-state index in [1.807, 2.05) is 30.3 Å². The molecule has 3 aromatic carbocycles. The molecular formula is C25H20N2O5. The summed E-state index contributed by atoms with van der Waals surface area (Å²) in [6.07, 6.45) is 0. The fourth-order valence-corrected chi connectivity index (χ4v) is 4.40. The van der Waals surface area contributed by atoms with Crippen LogP contribution in [0.3, 0.4) is 0 Å². The molecular weight excluding hydrogens is 408 g/mol. The normalized spacial score (nSPS) is 15.4. The van der Waals surface area contributed by atoms with E-state index in [0.717, 1.165) is 5.69 Å². The van der Waals surface area contributed by atoms with Gasteiger partial charge in [0.25, 0.3) is 5.91 Å². The van der Waals surface area contributed by atoms with Crippen LogP contribution in [0.1, 0.15) is 42.2 Å². The molecule has 3 aromatic rings. The third-order valence-corrected chi connectivity index (χ3v) is 6.04. The second kappa shape index (κ2) is 7.53. The van der Waals surface area contributed by atoms with Gasteiger partial charge in [0.05, 0.1) is 11.1 Å². The van der Waals surface area contributed by atoms with Gasteiger partial charge in [-0.3, -0.25) is 14.4 Å². The largest absolute Gasteiger partial charge is 0.507 e. The highest BCUT2D eigenvalue weighted by Gasteiger charge is 2.35. The number of nitrogens with zero attached hydrogens (tertiary/aromatic N) is 2. The summed E-state index contributed by atoms with van der Waals surface area (Å²) in [7, 11) is 0. The van der Waals surface area contributed by atoms with Crippen LogP contribution in [0.25, 0.3) is 0 Å². The van der Waals surface area contributed by atoms with Crippen LogP contribution in [0.2, 0.25) is 0 Å². The zero-order valence-electron chi connectivity index (χ0n) is 17.1. The average molecular weight is 428 g/mol. The van der Waals surface area contributed by atoms with Crippen LogP contribution >= 0.6 is 0 Å². The molecule has 0 unspecified atom stereocenters. The molecule has 1 amide bonds. The van der Waals surface area contributed by atoms with Gasteiger partial charge in [-0.2, -0.15) is 0 Å². The average Bonchev–Trinajstić information content (AvgIpc) is 2.82. The smallest absolute Gasteiger partial charge is 0.254 e. The van der Waals surface area contributed by atoms with Gasteiger partial charge in [0.1, 0.15) is 11.5 Å². The second-order valence-electron chi connectivity index (χ2n) is 7.89. The third-order valence-electron chi connectivity index (χ3n) is 6.04. The van der Waals surface area contributed by atoms with Gasteiger partial charge in [-0.25, -0.2) is 0 Å². The first kappa shape index (κ1) is 19.8. The molecule has 1 saturated heterocycles. The Labute approximate surface area is 184 Å². The minimum atomic E-state index is -0.638. The van der Waals surface area contributed by atoms with E-state index in [0.29, 0.717) is 26.2 Å². The van der Waals surface area contributed by atoms with Gasteiger partial charge < -0.3 is 20.0 Å². The van der Waals surface area contributed by atoms with E-state index < -0.39 is 17.3 Å². The zero-order valence-corrected chi connectivity index (χ0v) is 17.1. The van der Waals surface area contributed by atoms with Gasteiger partial charge >= 0.3 is 0 Å². The molecule has 2 aliphatic rings. The van der Waals surface area contributed by atoms with Crippen LogP contribution in [-0.2, 0) is 0 Å². The molecule has 1 aliphatic carbocycles. The molecule has 7 nitrogen and oxygen atoms in total. The number of rotatable bonds is 2. The fourth-order valence-electron chi connectivity index (χ4n) is 4.40. The number of anilines is 1. The van der Waals surface area contributed by atoms with E-state index in [4.69, 9.17) is 0 Å². The van der Waals surface area contributed by atoms with Gasteiger partial charge in [-0.15, -0.1) is 0 Å². The number of fused-ring (bicyclic) bond motifs is 2. The summed E-state index contributed by atoms with van der Waals surface area (Å²) in [5.74, 6) is -2.22. The number of hydrogen-bond donors (Lipinski definition) is 2. The number of carbonyl (C=O) groups is 3. The first-order chi connectivity index (χ1) is 15.5. The first-order valence-corrected chi connectivity index (χ1v) is 10.3. The maximum Gasteiger partial charge on any atom is 0.254 e. The molecule has 0 atom stereocenters. The summed E-state index contributed by atoms with van der Waals surface area (Å²) in [6, 6.07) is 16.8. The van der Waals surface area contributed by atoms with Crippen LogP contribution in [0.5, 0.6) is 11.5 Å². The van der Waals surface area contributed by atoms with Gasteiger partial charge in [-0.05, 0) is 30.3 Å². The van der Waals surface area contributed by atoms with Gasteiger partial charge in [0.15, 0.2) is 5.78 Å². The maximum absolute atomic E-state index is 13.1. The number of ketones is 2. The van der Waals surface area contributed by atoms with Crippen molar-refractivity contribution in [3.8, 4) is 11.5 Å². The summed E-state index contributed by atoms with van der Waals surface area (Å²) in [5, 5.41) is 20.6. The Morgan fingerprint density at radius 3 is 2.12 bits per heavy atom. The number of piperazine rings is 1. The lowest BCUT2D eigenvalue weighted by Gasteiger charge is -2.36. The molecule has 0 aromatic heterocycles. The molecule has 5 rings (SSSR count). The van der Waals surface area contributed by atoms with Crippen LogP contribution in [0.15, 0.2) is 60.7 Å². The highest BCUT2D eigenvalue weighted by molar-refractivity contribution is 6.30. The number of benzene rings is 3. The summed E-state index contributed by atoms with van der Waals surface area (Å²) < 4.78 is 0. The molecule has 0 bridgehead atoms. The Morgan fingerprint density at radius 1 is 0.719 bits per heavy atom. The monoisotopic (exact) mass is 428 g/mol. The Kier molecular flexibility index (Phi) is 4.66. The van der Waals surface area contributed by atoms with Crippen molar-refractivity contribution in [3.63, 3.8) is 0 Å². The molecule has 160 valence electrons. The molecule has 1 heterocycles. The Balaban J connectivity index is 1.42. The molecule has 1 aliphatic heterocycles. The van der Waals surface area contributed by atoms with E-state index in [9.17, 15) is 24.6 Å². The lowest BCUT2D eigenvalue weighted by molar-refractivity contribution is 0.0745. The van der Waals surface area contributed by atoms with Crippen molar-refractivity contribution in [2.45, 2.75) is 0 Å². The molecule has 0 spiro atoms. The maximum atomic E-state index is 13.1. The molecule has 7 heteroatoms. The predicted octanol–water partition coefficient (Wildman–Crippen LogP) is 2.84. The van der Waals surface area contributed by atoms with E-state index >= 15 is 0 Å². The van der Waals surface area contributed by atoms with Gasteiger partial charge in [0, 0.05) is 48.6 Å². The van der Waals surface area contributed by atoms with E-state index in [2.05, 4.69) is 4.90 Å². The summed E-state index contributed by atoms with van der Waals surface area (Å²) >= 11 is 0. The Morgan fingerprint density at radius 2 is 1.41 bits per heavy atom. The van der Waals surface area contributed by atoms with Crippen LogP contribution < -0.4 is 4.90 Å². The van der Waals surface area contributed by atoms with Crippen molar-refractivity contribution in [1.82, 2.24) is 4.90 Å². The molecule has 2 N–H and O–H groups in total. The fraction of sp³-hybridized carbons (Fsp3) is 0.160. The number of amides is 1. The van der Waals surface area contributed by atoms with Crippen LogP contribution in [0.4, 0.5) is 5.69 Å². The van der Waals surface area contributed by atoms with Gasteiger partial charge in [-0.1, -0.05) is 30.3 Å². The Bertz CT molecular complexity index is 1260. The second-order valence-corrected chi connectivity index (χ2v) is 7.89. The number of hydrogen-bond acceptors (Lipinski definition) is 6. The summed E-state index contributed by atoms with van der Waals surface area (Å²) in [4.78, 5) is 42.9. The number of para-hydroxylation sites is 1. The predicted molar refractivity (Wildman–Crippen MR) is 118 cm³/mol. The number of phenolic OH excluding ortho intramolecular Hbond substituents is 2. The van der Waals surface area contributed by atoms with Crippen molar-refractivity contribution < 1.29 is 24.6 Å². The molecule has 0 saturated carbocycles. The highest BCUT2D eigenvalue weighted by Crippen LogP contribution is 2.37. The molecule has 1 fully saturated rings. The van der Waals surface area contributed by atoms with E-state index in [-0.39, 0.29) is 39.5 Å². The van der Waals surface area contributed by atoms with Crippen molar-refractivity contribution in [1.29, 1.82) is 0 Å². The van der Waals surface area contributed by atoms with Crippen molar-refractivity contribution >= 4 is 23.2 Å². The lowest BCUT2D eigenvalue weighted by atomic mass is 9.82. The highest BCUT2D eigenvalue weighted by atomic mass is 16.3. The van der Waals surface area contributed by atoms with Crippen LogP contribution in [0, 0.1) is 0 Å². The standard InChI is InChI=1S/C25H20N2O5/c28-19-8-4-7-17-21(19)24(31)22-18(23(17)30)13-15(14-20(22)29)25(32)27-11-9-26(10-12-27)16-5-2-1-3-6-16/h1-8,13-14,28-29H,9-12H2. The quantitative estimate of drug-likeness (QED) is 0.510. The first-order valence-electron chi connectivity index (χ1n) is 10.3. The Hall–Kier alpha value is -4.13. The SMILES string of the molecule is O=C1c2cccc(O)c2C(=O)c2c(O)cc(C(=O)N3CCN(c4ccccc4)CC3)cc21. The van der Waals surface area contributed by atoms with E-state index in [1.165, 1.54) is 30.3 Å². The van der Waals surface area contributed by atoms with Gasteiger partial charge in [0.2, 0.25) is 5.78 Å². The number of carbonyl (C=O) groups excluding carboxylic acids is 3. The van der Waals surface area contributed by atoms with Crippen molar-refractivity contribution in [3.05, 3.63) is 88.5 Å². The van der Waals surface area contributed by atoms with Crippen LogP contribution in [-0.4, -0.2) is 58.8 Å². The summed E-state index contributed by atoms with van der Waals surface area (Å²) in [6.45, 7) is 2.32. The minimum absolute atomic E-state index is 0.0284. The van der Waals surface area contributed by atoms with E-state index in [1.54, 1.807) is 4.90 Å². The third kappa shape index (κ3) is 3.10. The molecule has 32 heavy (non-hydrogen) atoms. The number of aromatic hydroxyl groups is 2.